The molecular formula is C21H28O5. The largest absolute Gasteiger partial charge is 0.367 e. The third kappa shape index (κ3) is 3.92. The molecule has 26 heavy (non-hydrogen) atoms. The van der Waals surface area contributed by atoms with Crippen molar-refractivity contribution in [2.24, 2.45) is 0 Å². The van der Waals surface area contributed by atoms with E-state index in [4.69, 9.17) is 23.7 Å². The summed E-state index contributed by atoms with van der Waals surface area (Å²) >= 11 is 0. The van der Waals surface area contributed by atoms with Crippen molar-refractivity contribution in [3.05, 3.63) is 61.2 Å². The van der Waals surface area contributed by atoms with Crippen molar-refractivity contribution >= 4 is 0 Å². The minimum absolute atomic E-state index is 0.244. The lowest BCUT2D eigenvalue weighted by atomic mass is 9.94. The molecule has 0 N–H and O–H groups in total. The van der Waals surface area contributed by atoms with E-state index in [1.807, 2.05) is 51.1 Å². The summed E-state index contributed by atoms with van der Waals surface area (Å²) < 4.78 is 29.9. The molecule has 142 valence electrons. The molecule has 2 heterocycles. The third-order valence-electron chi connectivity index (χ3n) is 4.81. The molecule has 5 heteroatoms. The van der Waals surface area contributed by atoms with Gasteiger partial charge in [0.1, 0.15) is 17.8 Å². The van der Waals surface area contributed by atoms with Gasteiger partial charge >= 0.3 is 0 Å². The maximum absolute atomic E-state index is 6.25. The molecule has 0 amide bonds. The molecule has 3 rings (SSSR count). The van der Waals surface area contributed by atoms with Gasteiger partial charge in [0.05, 0.1) is 19.3 Å². The average Bonchev–Trinajstić information content (AvgIpc) is 3.07. The lowest BCUT2D eigenvalue weighted by molar-refractivity contribution is -0.229. The first-order chi connectivity index (χ1) is 12.4. The summed E-state index contributed by atoms with van der Waals surface area (Å²) in [5.74, 6) is -0.701. The number of hydrogen-bond acceptors (Lipinski definition) is 5. The van der Waals surface area contributed by atoms with Crippen LogP contribution < -0.4 is 0 Å². The van der Waals surface area contributed by atoms with Crippen LogP contribution in [0.3, 0.4) is 0 Å². The van der Waals surface area contributed by atoms with E-state index in [0.29, 0.717) is 13.2 Å². The summed E-state index contributed by atoms with van der Waals surface area (Å²) in [4.78, 5) is 0. The molecule has 1 aromatic carbocycles. The van der Waals surface area contributed by atoms with Gasteiger partial charge in [-0.2, -0.15) is 0 Å². The molecule has 0 bridgehead atoms. The van der Waals surface area contributed by atoms with Crippen molar-refractivity contribution in [3.8, 4) is 0 Å². The molecule has 5 nitrogen and oxygen atoms in total. The minimum Gasteiger partial charge on any atom is -0.367 e. The monoisotopic (exact) mass is 360 g/mol. The van der Waals surface area contributed by atoms with E-state index in [0.717, 1.165) is 5.56 Å². The highest BCUT2D eigenvalue weighted by molar-refractivity contribution is 5.13. The van der Waals surface area contributed by atoms with Crippen molar-refractivity contribution in [1.82, 2.24) is 0 Å². The van der Waals surface area contributed by atoms with E-state index in [2.05, 4.69) is 13.2 Å². The summed E-state index contributed by atoms with van der Waals surface area (Å²) in [7, 11) is 0. The van der Waals surface area contributed by atoms with Crippen LogP contribution in [0.4, 0.5) is 0 Å². The highest BCUT2D eigenvalue weighted by Gasteiger charge is 2.61. The van der Waals surface area contributed by atoms with Crippen LogP contribution in [0.1, 0.15) is 26.3 Å². The van der Waals surface area contributed by atoms with E-state index in [9.17, 15) is 0 Å². The number of ether oxygens (including phenoxy) is 5. The van der Waals surface area contributed by atoms with Crippen LogP contribution in [0, 0.1) is 0 Å². The molecular weight excluding hydrogens is 332 g/mol. The first kappa shape index (κ1) is 19.3. The van der Waals surface area contributed by atoms with Crippen molar-refractivity contribution in [3.63, 3.8) is 0 Å². The van der Waals surface area contributed by atoms with Crippen LogP contribution >= 0.6 is 0 Å². The zero-order valence-corrected chi connectivity index (χ0v) is 15.7. The zero-order valence-electron chi connectivity index (χ0n) is 15.7. The average molecular weight is 360 g/mol. The summed E-state index contributed by atoms with van der Waals surface area (Å²) in [6.07, 6.45) is 2.11. The second-order valence-electron chi connectivity index (χ2n) is 7.28. The van der Waals surface area contributed by atoms with Gasteiger partial charge in [0, 0.05) is 0 Å². The number of fused-ring (bicyclic) bond motifs is 1. The molecule has 0 spiro atoms. The first-order valence-electron chi connectivity index (χ1n) is 8.93. The highest BCUT2D eigenvalue weighted by atomic mass is 16.8. The third-order valence-corrected chi connectivity index (χ3v) is 4.81. The van der Waals surface area contributed by atoms with Gasteiger partial charge in [0.15, 0.2) is 12.1 Å². The van der Waals surface area contributed by atoms with Crippen LogP contribution in [0.5, 0.6) is 0 Å². The second kappa shape index (κ2) is 7.62. The summed E-state index contributed by atoms with van der Waals surface area (Å²) in [6.45, 7) is 14.3. The predicted molar refractivity (Wildman–Crippen MR) is 98.5 cm³/mol. The predicted octanol–water partition coefficient (Wildman–Crippen LogP) is 3.60. The number of rotatable bonds is 8. The maximum Gasteiger partial charge on any atom is 0.190 e. The Balaban J connectivity index is 1.61. The molecule has 5 atom stereocenters. The minimum atomic E-state index is -0.711. The SMILES string of the molecule is C=CC(CO[C@]1(C)[C@@H](C=C)O[C@@H]2OC(C)(C)O[C@@H]21)OCc1ccccc1. The van der Waals surface area contributed by atoms with Crippen LogP contribution in [0.2, 0.25) is 0 Å². The topological polar surface area (TPSA) is 46.2 Å². The molecule has 2 aliphatic heterocycles. The van der Waals surface area contributed by atoms with Crippen molar-refractivity contribution in [1.29, 1.82) is 0 Å². The Hall–Kier alpha value is -1.50. The van der Waals surface area contributed by atoms with E-state index >= 15 is 0 Å². The molecule has 0 radical (unpaired) electrons. The molecule has 2 fully saturated rings. The van der Waals surface area contributed by atoms with Gasteiger partial charge in [-0.15, -0.1) is 13.2 Å². The first-order valence-corrected chi connectivity index (χ1v) is 8.93. The number of hydrogen-bond donors (Lipinski definition) is 0. The van der Waals surface area contributed by atoms with Crippen LogP contribution in [-0.2, 0) is 30.3 Å². The van der Waals surface area contributed by atoms with Gasteiger partial charge in [-0.25, -0.2) is 0 Å². The molecule has 2 aliphatic rings. The lowest BCUT2D eigenvalue weighted by Crippen LogP contribution is -2.49. The smallest absolute Gasteiger partial charge is 0.190 e. The zero-order chi connectivity index (χ0) is 18.8. The Kier molecular flexibility index (Phi) is 5.65. The molecule has 0 aromatic heterocycles. The molecule has 2 saturated heterocycles. The van der Waals surface area contributed by atoms with Crippen molar-refractivity contribution < 1.29 is 23.7 Å². The Morgan fingerprint density at radius 1 is 1.15 bits per heavy atom. The van der Waals surface area contributed by atoms with Crippen LogP contribution in [-0.4, -0.2) is 42.6 Å². The van der Waals surface area contributed by atoms with Gasteiger partial charge in [0.2, 0.25) is 0 Å². The molecule has 0 aliphatic carbocycles. The molecule has 1 unspecified atom stereocenters. The van der Waals surface area contributed by atoms with Gasteiger partial charge < -0.3 is 23.7 Å². The lowest BCUT2D eigenvalue weighted by Gasteiger charge is -2.34. The van der Waals surface area contributed by atoms with Crippen molar-refractivity contribution in [2.75, 3.05) is 6.61 Å². The molecule has 1 aromatic rings. The van der Waals surface area contributed by atoms with E-state index in [-0.39, 0.29) is 18.3 Å². The van der Waals surface area contributed by atoms with Gasteiger partial charge in [-0.05, 0) is 26.3 Å². The normalized spacial score (nSPS) is 33.6. The van der Waals surface area contributed by atoms with E-state index in [1.54, 1.807) is 12.2 Å². The maximum atomic E-state index is 6.25. The fourth-order valence-electron chi connectivity index (χ4n) is 3.34. The van der Waals surface area contributed by atoms with Gasteiger partial charge in [0.25, 0.3) is 0 Å². The Labute approximate surface area is 155 Å². The summed E-state index contributed by atoms with van der Waals surface area (Å²) in [6, 6.07) is 10.0. The summed E-state index contributed by atoms with van der Waals surface area (Å²) in [5, 5.41) is 0. The second-order valence-corrected chi connectivity index (χ2v) is 7.28. The fraction of sp³-hybridized carbons (Fsp3) is 0.524. The van der Waals surface area contributed by atoms with E-state index in [1.165, 1.54) is 0 Å². The van der Waals surface area contributed by atoms with Crippen molar-refractivity contribution in [2.45, 2.75) is 63.4 Å². The van der Waals surface area contributed by atoms with Gasteiger partial charge in [-0.1, -0.05) is 42.5 Å². The number of benzene rings is 1. The Morgan fingerprint density at radius 3 is 2.54 bits per heavy atom. The van der Waals surface area contributed by atoms with Crippen LogP contribution in [0.15, 0.2) is 55.6 Å². The quantitative estimate of drug-likeness (QED) is 0.663. The Morgan fingerprint density at radius 2 is 1.88 bits per heavy atom. The fourth-order valence-corrected chi connectivity index (χ4v) is 3.34. The van der Waals surface area contributed by atoms with E-state index < -0.39 is 17.7 Å². The molecule has 0 saturated carbocycles. The Bertz CT molecular complexity index is 629. The standard InChI is InChI=1S/C21H28O5/c1-6-16(22-13-15-11-9-8-10-12-15)14-23-21(5)17(7-2)24-19-18(21)25-20(3,4)26-19/h6-12,16-19H,1-2,13-14H2,3-5H3/t16?,17-,18+,19-,21-/m1/s1. The summed E-state index contributed by atoms with van der Waals surface area (Å²) in [5.41, 5.74) is 0.394. The highest BCUT2D eigenvalue weighted by Crippen LogP contribution is 2.45. The van der Waals surface area contributed by atoms with Gasteiger partial charge in [-0.3, -0.25) is 0 Å². The van der Waals surface area contributed by atoms with Crippen LogP contribution in [0.25, 0.3) is 0 Å².